The number of carboxylic acids is 1. The van der Waals surface area contributed by atoms with Gasteiger partial charge in [0, 0.05) is 6.42 Å². The van der Waals surface area contributed by atoms with Gasteiger partial charge in [0.05, 0.1) is 6.42 Å². The van der Waals surface area contributed by atoms with E-state index in [-0.39, 0.29) is 6.42 Å². The van der Waals surface area contributed by atoms with Gasteiger partial charge in [0.1, 0.15) is 6.10 Å². The molecule has 74 valence electrons. The fraction of sp³-hybridized carbons (Fsp3) is 0.700. The molecule has 3 nitrogen and oxygen atoms in total. The molecule has 0 spiro atoms. The summed E-state index contributed by atoms with van der Waals surface area (Å²) < 4.78 is 0. The predicted molar refractivity (Wildman–Crippen MR) is 50.2 cm³/mol. The quantitative estimate of drug-likeness (QED) is 0.635. The summed E-state index contributed by atoms with van der Waals surface area (Å²) >= 11 is 0. The number of unbranched alkanes of at least 4 members (excludes halogenated alkanes) is 1. The lowest BCUT2D eigenvalue weighted by Crippen LogP contribution is -2.02. The molecule has 0 aromatic heterocycles. The Morgan fingerprint density at radius 3 is 2.77 bits per heavy atom. The zero-order valence-corrected chi connectivity index (χ0v) is 7.92. The highest BCUT2D eigenvalue weighted by Gasteiger charge is 1.97. The average molecular weight is 184 g/mol. The van der Waals surface area contributed by atoms with Crippen LogP contribution < -0.4 is 0 Å². The summed E-state index contributed by atoms with van der Waals surface area (Å²) in [5.41, 5.74) is 0. The summed E-state index contributed by atoms with van der Waals surface area (Å²) in [4.78, 5) is 10.1. The Labute approximate surface area is 78.8 Å². The van der Waals surface area contributed by atoms with E-state index in [1.165, 1.54) is 0 Å². The minimum Gasteiger partial charge on any atom is -0.481 e. The predicted octanol–water partition coefficient (Wildman–Crippen LogP) is 1.41. The molecule has 3 heteroatoms. The van der Waals surface area contributed by atoms with E-state index in [1.54, 1.807) is 0 Å². The number of carbonyl (C=O) groups is 1. The molecule has 0 unspecified atom stereocenters. The van der Waals surface area contributed by atoms with Crippen LogP contribution in [0.4, 0.5) is 0 Å². The Bertz CT molecular complexity index is 200. The molecule has 0 radical (unpaired) electrons. The van der Waals surface area contributed by atoms with Crippen molar-refractivity contribution in [3.63, 3.8) is 0 Å². The second-order valence-electron chi connectivity index (χ2n) is 2.87. The topological polar surface area (TPSA) is 57.5 Å². The third-order valence-electron chi connectivity index (χ3n) is 1.56. The minimum atomic E-state index is -0.850. The Morgan fingerprint density at radius 2 is 2.23 bits per heavy atom. The number of carboxylic acid groups (broad SMARTS) is 1. The second kappa shape index (κ2) is 7.63. The molecule has 13 heavy (non-hydrogen) atoms. The average Bonchev–Trinajstić information content (AvgIpc) is 2.08. The lowest BCUT2D eigenvalue weighted by Gasteiger charge is -1.99. The molecule has 0 heterocycles. The number of aliphatic hydroxyl groups is 1. The van der Waals surface area contributed by atoms with Gasteiger partial charge in [0.25, 0.3) is 0 Å². The van der Waals surface area contributed by atoms with Gasteiger partial charge in [-0.2, -0.15) is 0 Å². The molecule has 0 amide bonds. The van der Waals surface area contributed by atoms with Crippen molar-refractivity contribution in [2.24, 2.45) is 0 Å². The molecule has 0 saturated heterocycles. The van der Waals surface area contributed by atoms with Gasteiger partial charge < -0.3 is 10.2 Å². The maximum atomic E-state index is 10.1. The van der Waals surface area contributed by atoms with Crippen LogP contribution in [0.5, 0.6) is 0 Å². The van der Waals surface area contributed by atoms with Gasteiger partial charge in [-0.3, -0.25) is 4.79 Å². The highest BCUT2D eigenvalue weighted by Crippen LogP contribution is 1.98. The second-order valence-corrected chi connectivity index (χ2v) is 2.87. The van der Waals surface area contributed by atoms with Crippen LogP contribution in [0.3, 0.4) is 0 Å². The minimum absolute atomic E-state index is 0.0491. The standard InChI is InChI=1S/C10H16O3/c1-2-3-6-9(11)7-4-5-8-10(12)13/h9,11H,2-3,5-6,8H2,1H3,(H,12,13)/t9-/m0/s1. The maximum Gasteiger partial charge on any atom is 0.304 e. The van der Waals surface area contributed by atoms with E-state index in [2.05, 4.69) is 11.8 Å². The summed E-state index contributed by atoms with van der Waals surface area (Å²) in [7, 11) is 0. The van der Waals surface area contributed by atoms with Crippen molar-refractivity contribution in [1.82, 2.24) is 0 Å². The van der Waals surface area contributed by atoms with Crippen LogP contribution in [-0.2, 0) is 4.79 Å². The Kier molecular flexibility index (Phi) is 7.04. The van der Waals surface area contributed by atoms with Crippen molar-refractivity contribution in [1.29, 1.82) is 0 Å². The van der Waals surface area contributed by atoms with Crippen LogP contribution in [-0.4, -0.2) is 22.3 Å². The molecule has 0 aromatic carbocycles. The summed E-state index contributed by atoms with van der Waals surface area (Å²) in [6.45, 7) is 2.05. The molecule has 2 N–H and O–H groups in total. The SMILES string of the molecule is CCCC[C@H](O)C#CCCC(=O)O. The van der Waals surface area contributed by atoms with Crippen molar-refractivity contribution in [3.05, 3.63) is 0 Å². The van der Waals surface area contributed by atoms with Crippen molar-refractivity contribution in [2.45, 2.75) is 45.1 Å². The van der Waals surface area contributed by atoms with Crippen LogP contribution in [0.2, 0.25) is 0 Å². The van der Waals surface area contributed by atoms with Gasteiger partial charge in [0.15, 0.2) is 0 Å². The number of hydrogen-bond acceptors (Lipinski definition) is 2. The molecule has 0 saturated carbocycles. The summed E-state index contributed by atoms with van der Waals surface area (Å²) in [5.74, 6) is 4.41. The number of aliphatic hydroxyl groups excluding tert-OH is 1. The maximum absolute atomic E-state index is 10.1. The molecule has 0 bridgehead atoms. The monoisotopic (exact) mass is 184 g/mol. The van der Waals surface area contributed by atoms with Crippen molar-refractivity contribution >= 4 is 5.97 Å². The first-order valence-electron chi connectivity index (χ1n) is 4.55. The number of hydrogen-bond donors (Lipinski definition) is 2. The molecule has 0 rings (SSSR count). The van der Waals surface area contributed by atoms with Crippen molar-refractivity contribution < 1.29 is 15.0 Å². The van der Waals surface area contributed by atoms with Gasteiger partial charge in [-0.05, 0) is 6.42 Å². The van der Waals surface area contributed by atoms with E-state index >= 15 is 0 Å². The van der Waals surface area contributed by atoms with Crippen LogP contribution in [0.15, 0.2) is 0 Å². The molecule has 1 atom stereocenters. The van der Waals surface area contributed by atoms with E-state index in [4.69, 9.17) is 5.11 Å². The van der Waals surface area contributed by atoms with Gasteiger partial charge in [-0.15, -0.1) is 0 Å². The fourth-order valence-electron chi connectivity index (χ4n) is 0.829. The zero-order chi connectivity index (χ0) is 10.1. The Hall–Kier alpha value is -1.01. The first-order chi connectivity index (χ1) is 6.16. The third-order valence-corrected chi connectivity index (χ3v) is 1.56. The van der Waals surface area contributed by atoms with E-state index in [0.29, 0.717) is 12.8 Å². The Balaban J connectivity index is 3.50. The van der Waals surface area contributed by atoms with E-state index in [1.807, 2.05) is 6.92 Å². The third kappa shape index (κ3) is 8.90. The molecule has 0 aliphatic rings. The molecule has 0 aromatic rings. The molecule has 0 aliphatic carbocycles. The van der Waals surface area contributed by atoms with E-state index in [0.717, 1.165) is 12.8 Å². The van der Waals surface area contributed by atoms with Crippen LogP contribution in [0, 0.1) is 11.8 Å². The first-order valence-corrected chi connectivity index (χ1v) is 4.55. The fourth-order valence-corrected chi connectivity index (χ4v) is 0.829. The number of rotatable bonds is 5. The summed E-state index contributed by atoms with van der Waals surface area (Å²) in [6.07, 6.45) is 2.44. The van der Waals surface area contributed by atoms with Gasteiger partial charge in [-0.1, -0.05) is 31.6 Å². The van der Waals surface area contributed by atoms with Crippen molar-refractivity contribution in [3.8, 4) is 11.8 Å². The van der Waals surface area contributed by atoms with Gasteiger partial charge in [-0.25, -0.2) is 0 Å². The van der Waals surface area contributed by atoms with Gasteiger partial charge >= 0.3 is 5.97 Å². The molecular formula is C10H16O3. The lowest BCUT2D eigenvalue weighted by atomic mass is 10.1. The van der Waals surface area contributed by atoms with Gasteiger partial charge in [0.2, 0.25) is 0 Å². The largest absolute Gasteiger partial charge is 0.481 e. The van der Waals surface area contributed by atoms with E-state index < -0.39 is 12.1 Å². The molecular weight excluding hydrogens is 168 g/mol. The normalized spacial score (nSPS) is 11.5. The summed E-state index contributed by atoms with van der Waals surface area (Å²) in [5, 5.41) is 17.5. The molecule has 0 fully saturated rings. The highest BCUT2D eigenvalue weighted by molar-refractivity contribution is 5.66. The lowest BCUT2D eigenvalue weighted by molar-refractivity contribution is -0.136. The summed E-state index contributed by atoms with van der Waals surface area (Å²) in [6, 6.07) is 0. The van der Waals surface area contributed by atoms with Crippen LogP contribution >= 0.6 is 0 Å². The smallest absolute Gasteiger partial charge is 0.304 e. The molecule has 0 aliphatic heterocycles. The number of aliphatic carboxylic acids is 1. The van der Waals surface area contributed by atoms with E-state index in [9.17, 15) is 9.90 Å². The van der Waals surface area contributed by atoms with Crippen molar-refractivity contribution in [2.75, 3.05) is 0 Å². The first kappa shape index (κ1) is 12.0. The highest BCUT2D eigenvalue weighted by atomic mass is 16.4. The van der Waals surface area contributed by atoms with Crippen LogP contribution in [0.25, 0.3) is 0 Å². The Morgan fingerprint density at radius 1 is 1.54 bits per heavy atom. The van der Waals surface area contributed by atoms with Crippen LogP contribution in [0.1, 0.15) is 39.0 Å². The zero-order valence-electron chi connectivity index (χ0n) is 7.92.